The summed E-state index contributed by atoms with van der Waals surface area (Å²) >= 11 is 8.16. The van der Waals surface area contributed by atoms with Crippen LogP contribution in [0.4, 0.5) is 0 Å². The molecule has 4 heterocycles. The fraction of sp³-hybridized carbons (Fsp3) is 0.308. The molecule has 5 rings (SSSR count). The van der Waals surface area contributed by atoms with E-state index in [1.165, 1.54) is 32.0 Å². The first kappa shape index (κ1) is 21.4. The van der Waals surface area contributed by atoms with Crippen LogP contribution in [0.15, 0.2) is 60.0 Å². The number of aromatic nitrogens is 1. The Morgan fingerprint density at radius 3 is 2.81 bits per heavy atom. The molecule has 2 aliphatic heterocycles. The van der Waals surface area contributed by atoms with Gasteiger partial charge in [-0.25, -0.2) is 0 Å². The summed E-state index contributed by atoms with van der Waals surface area (Å²) in [7, 11) is 2.22. The van der Waals surface area contributed by atoms with Crippen molar-refractivity contribution in [1.29, 1.82) is 0 Å². The summed E-state index contributed by atoms with van der Waals surface area (Å²) in [5, 5.41) is 5.31. The van der Waals surface area contributed by atoms with Crippen LogP contribution < -0.4 is 5.43 Å². The minimum atomic E-state index is 0.177. The molecule has 0 saturated carbocycles. The van der Waals surface area contributed by atoms with E-state index in [0.717, 1.165) is 36.5 Å². The Balaban J connectivity index is 1.66. The predicted octanol–water partition coefficient (Wildman–Crippen LogP) is 6.39. The number of allylic oxidation sites excluding steroid dienone is 1. The molecule has 1 aromatic carbocycles. The molecule has 164 valence electrons. The Morgan fingerprint density at radius 2 is 2.00 bits per heavy atom. The third-order valence-electron chi connectivity index (χ3n) is 6.29. The fourth-order valence-corrected chi connectivity index (χ4v) is 6.08. The van der Waals surface area contributed by atoms with Crippen LogP contribution in [-0.2, 0) is 6.42 Å². The average molecular weight is 463 g/mol. The third kappa shape index (κ3) is 4.13. The zero-order chi connectivity index (χ0) is 22.1. The van der Waals surface area contributed by atoms with Crippen LogP contribution in [0.5, 0.6) is 0 Å². The number of benzene rings is 1. The highest BCUT2D eigenvalue weighted by Gasteiger charge is 2.31. The lowest BCUT2D eigenvalue weighted by Gasteiger charge is -2.35. The van der Waals surface area contributed by atoms with E-state index < -0.39 is 0 Å². The molecule has 2 aliphatic rings. The van der Waals surface area contributed by atoms with E-state index >= 15 is 0 Å². The fourth-order valence-electron chi connectivity index (χ4n) is 4.72. The lowest BCUT2D eigenvalue weighted by molar-refractivity contribution is 0.265. The molecule has 0 radical (unpaired) electrons. The number of fused-ring (bicyclic) bond motifs is 1. The van der Waals surface area contributed by atoms with Crippen LogP contribution in [0.2, 0.25) is 5.02 Å². The molecule has 1 N–H and O–H groups in total. The molecule has 0 amide bonds. The van der Waals surface area contributed by atoms with Gasteiger partial charge in [0.25, 0.3) is 0 Å². The number of pyridine rings is 1. The minimum Gasteiger partial charge on any atom is -0.295 e. The van der Waals surface area contributed by atoms with Gasteiger partial charge in [0.2, 0.25) is 0 Å². The van der Waals surface area contributed by atoms with Gasteiger partial charge in [0.05, 0.1) is 16.6 Å². The van der Waals surface area contributed by atoms with Crippen molar-refractivity contribution in [3.8, 4) is 10.4 Å². The molecular weight excluding hydrogens is 436 g/mol. The molecule has 4 nitrogen and oxygen atoms in total. The van der Waals surface area contributed by atoms with Gasteiger partial charge in [-0.2, -0.15) is 5.10 Å². The van der Waals surface area contributed by atoms with Gasteiger partial charge in [0.15, 0.2) is 0 Å². The van der Waals surface area contributed by atoms with Gasteiger partial charge in [-0.05, 0) is 78.6 Å². The molecule has 0 bridgehead atoms. The van der Waals surface area contributed by atoms with Crippen molar-refractivity contribution < 1.29 is 0 Å². The normalized spacial score (nSPS) is 20.5. The van der Waals surface area contributed by atoms with E-state index in [1.807, 2.05) is 36.0 Å². The molecule has 3 aromatic rings. The van der Waals surface area contributed by atoms with E-state index in [4.69, 9.17) is 11.6 Å². The monoisotopic (exact) mass is 462 g/mol. The van der Waals surface area contributed by atoms with Crippen molar-refractivity contribution in [3.05, 3.63) is 81.5 Å². The van der Waals surface area contributed by atoms with Crippen LogP contribution in [0, 0.1) is 5.92 Å². The predicted molar refractivity (Wildman–Crippen MR) is 135 cm³/mol. The van der Waals surface area contributed by atoms with Crippen LogP contribution in [0.1, 0.15) is 47.4 Å². The third-order valence-corrected chi connectivity index (χ3v) is 7.76. The minimum absolute atomic E-state index is 0.177. The van der Waals surface area contributed by atoms with Crippen LogP contribution in [-0.4, -0.2) is 29.7 Å². The van der Waals surface area contributed by atoms with Crippen molar-refractivity contribution >= 4 is 34.8 Å². The second kappa shape index (κ2) is 9.18. The SMILES string of the molecule is CCCC1C=NNC(c2sc(-c3ccncc3)cc2C2c3ccc(Cl)cc3CCN2C)=C1. The molecule has 0 spiro atoms. The zero-order valence-electron chi connectivity index (χ0n) is 18.4. The highest BCUT2D eigenvalue weighted by Crippen LogP contribution is 2.44. The van der Waals surface area contributed by atoms with Gasteiger partial charge in [-0.3, -0.25) is 15.3 Å². The Bertz CT molecular complexity index is 1170. The smallest absolute Gasteiger partial charge is 0.0704 e. The standard InChI is InChI=1S/C26H27ClN4S/c1-3-4-17-13-23(30-29-16-17)26-22(15-24(32-26)18-7-10-28-11-8-18)25-21-6-5-20(27)14-19(21)9-12-31(25)2/h5-8,10-11,13-17,25,30H,3-4,9,12H2,1-2H3. The summed E-state index contributed by atoms with van der Waals surface area (Å²) in [5.41, 5.74) is 9.61. The second-order valence-corrected chi connectivity index (χ2v) is 10.0. The summed E-state index contributed by atoms with van der Waals surface area (Å²) in [5.74, 6) is 0.366. The van der Waals surface area contributed by atoms with Gasteiger partial charge >= 0.3 is 0 Å². The number of hydrogen-bond donors (Lipinski definition) is 1. The molecule has 0 saturated heterocycles. The molecule has 2 atom stereocenters. The molecule has 2 aromatic heterocycles. The Morgan fingerprint density at radius 1 is 1.16 bits per heavy atom. The molecule has 0 fully saturated rings. The van der Waals surface area contributed by atoms with E-state index in [1.54, 1.807) is 0 Å². The average Bonchev–Trinajstić information content (AvgIpc) is 3.25. The second-order valence-electron chi connectivity index (χ2n) is 8.53. The summed E-state index contributed by atoms with van der Waals surface area (Å²) in [6.45, 7) is 3.22. The quantitative estimate of drug-likeness (QED) is 0.477. The summed E-state index contributed by atoms with van der Waals surface area (Å²) in [6.07, 6.45) is 11.3. The van der Waals surface area contributed by atoms with Crippen molar-refractivity contribution in [2.75, 3.05) is 13.6 Å². The van der Waals surface area contributed by atoms with Crippen molar-refractivity contribution in [1.82, 2.24) is 15.3 Å². The highest BCUT2D eigenvalue weighted by molar-refractivity contribution is 7.16. The summed E-state index contributed by atoms with van der Waals surface area (Å²) in [6, 6.07) is 13.0. The topological polar surface area (TPSA) is 40.5 Å². The first-order valence-electron chi connectivity index (χ1n) is 11.2. The van der Waals surface area contributed by atoms with Crippen LogP contribution in [0.3, 0.4) is 0 Å². The summed E-state index contributed by atoms with van der Waals surface area (Å²) < 4.78 is 0. The number of hydrazone groups is 1. The maximum atomic E-state index is 6.34. The van der Waals surface area contributed by atoms with Gasteiger partial charge in [0.1, 0.15) is 0 Å². The Hall–Kier alpha value is -2.47. The molecule has 6 heteroatoms. The number of hydrogen-bond acceptors (Lipinski definition) is 5. The van der Waals surface area contributed by atoms with E-state index in [2.05, 4.69) is 70.8 Å². The maximum Gasteiger partial charge on any atom is 0.0704 e. The Labute approximate surface area is 198 Å². The van der Waals surface area contributed by atoms with E-state index in [0.29, 0.717) is 5.92 Å². The number of halogens is 1. The van der Waals surface area contributed by atoms with Crippen LogP contribution >= 0.6 is 22.9 Å². The highest BCUT2D eigenvalue weighted by atomic mass is 35.5. The number of nitrogens with one attached hydrogen (secondary N) is 1. The summed E-state index contributed by atoms with van der Waals surface area (Å²) in [4.78, 5) is 9.16. The first-order valence-corrected chi connectivity index (χ1v) is 12.4. The van der Waals surface area contributed by atoms with Gasteiger partial charge in [-0.15, -0.1) is 11.3 Å². The van der Waals surface area contributed by atoms with Crippen LogP contribution in [0.25, 0.3) is 16.1 Å². The number of likely N-dealkylation sites (N-methyl/N-ethyl adjacent to an activating group) is 1. The first-order chi connectivity index (χ1) is 15.6. The van der Waals surface area contributed by atoms with Gasteiger partial charge in [0, 0.05) is 41.0 Å². The van der Waals surface area contributed by atoms with Crippen molar-refractivity contribution in [2.24, 2.45) is 11.0 Å². The molecule has 0 aliphatic carbocycles. The van der Waals surface area contributed by atoms with E-state index in [-0.39, 0.29) is 6.04 Å². The number of thiophene rings is 1. The van der Waals surface area contributed by atoms with Crippen molar-refractivity contribution in [3.63, 3.8) is 0 Å². The molecular formula is C26H27ClN4S. The maximum absolute atomic E-state index is 6.34. The van der Waals surface area contributed by atoms with E-state index in [9.17, 15) is 0 Å². The zero-order valence-corrected chi connectivity index (χ0v) is 20.0. The van der Waals surface area contributed by atoms with Gasteiger partial charge in [-0.1, -0.05) is 31.0 Å². The molecule has 2 unspecified atom stereocenters. The largest absolute Gasteiger partial charge is 0.295 e. The Kier molecular flexibility index (Phi) is 6.13. The molecule has 32 heavy (non-hydrogen) atoms. The number of rotatable bonds is 5. The number of nitrogens with zero attached hydrogens (tertiary/aromatic N) is 3. The van der Waals surface area contributed by atoms with Crippen molar-refractivity contribution in [2.45, 2.75) is 32.2 Å². The lowest BCUT2D eigenvalue weighted by atomic mass is 9.88. The van der Waals surface area contributed by atoms with Gasteiger partial charge < -0.3 is 0 Å². The lowest BCUT2D eigenvalue weighted by Crippen LogP contribution is -2.33.